The monoisotopic (exact) mass is 431 g/mol. The number of anilines is 1. The van der Waals surface area contributed by atoms with Crippen LogP contribution in [0.1, 0.15) is 12.0 Å². The van der Waals surface area contributed by atoms with Crippen molar-refractivity contribution in [3.8, 4) is 0 Å². The molecule has 3 rings (SSSR count). The quantitative estimate of drug-likeness (QED) is 0.414. The Morgan fingerprint density at radius 2 is 1.86 bits per heavy atom. The molecule has 0 aromatic heterocycles. The number of benzene rings is 2. The molecule has 2 aromatic rings. The summed E-state index contributed by atoms with van der Waals surface area (Å²) in [6.07, 6.45) is 1.44. The fourth-order valence-corrected chi connectivity index (χ4v) is 3.58. The van der Waals surface area contributed by atoms with Gasteiger partial charge in [0.1, 0.15) is 0 Å². The number of non-ortho nitro benzene ring substituents is 1. The molecule has 0 unspecified atom stereocenters. The van der Waals surface area contributed by atoms with Crippen LogP contribution in [0.3, 0.4) is 0 Å². The number of amides is 3. The van der Waals surface area contributed by atoms with E-state index in [0.29, 0.717) is 16.3 Å². The molecule has 1 N–H and O–H groups in total. The highest BCUT2D eigenvalue weighted by Gasteiger charge is 2.35. The number of halogens is 1. The molecule has 8 nitrogen and oxygen atoms in total. The fraction of sp³-hybridized carbons (Fsp3) is 0.105. The summed E-state index contributed by atoms with van der Waals surface area (Å²) in [5, 5.41) is 13.2. The van der Waals surface area contributed by atoms with Crippen LogP contribution in [0.5, 0.6) is 0 Å². The molecule has 1 saturated heterocycles. The standard InChI is InChI=1S/C19H14ClN3O5S/c20-15-4-2-1-3-12(15)11-16-18(25)22(19(26)29-16)10-9-17(24)21-13-5-7-14(8-6-13)23(27)28/h1-8,11H,9-10H2,(H,21,24)/b16-11-. The third-order valence-electron chi connectivity index (χ3n) is 3.99. The zero-order valence-corrected chi connectivity index (χ0v) is 16.4. The van der Waals surface area contributed by atoms with Gasteiger partial charge in [0.2, 0.25) is 5.91 Å². The molecule has 0 spiro atoms. The highest BCUT2D eigenvalue weighted by Crippen LogP contribution is 2.33. The van der Waals surface area contributed by atoms with E-state index >= 15 is 0 Å². The molecule has 0 radical (unpaired) electrons. The number of thioether (sulfide) groups is 1. The Labute approximate surface area is 174 Å². The Kier molecular flexibility index (Phi) is 6.30. The number of nitrogens with zero attached hydrogens (tertiary/aromatic N) is 2. The predicted octanol–water partition coefficient (Wildman–Crippen LogP) is 4.31. The largest absolute Gasteiger partial charge is 0.326 e. The van der Waals surface area contributed by atoms with Crippen molar-refractivity contribution in [3.63, 3.8) is 0 Å². The van der Waals surface area contributed by atoms with Gasteiger partial charge in [-0.3, -0.25) is 29.4 Å². The molecule has 1 aliphatic rings. The Balaban J connectivity index is 1.59. The van der Waals surface area contributed by atoms with Crippen LogP contribution < -0.4 is 5.32 Å². The average molecular weight is 432 g/mol. The Morgan fingerprint density at radius 3 is 2.52 bits per heavy atom. The number of nitrogens with one attached hydrogen (secondary N) is 1. The van der Waals surface area contributed by atoms with Gasteiger partial charge in [-0.15, -0.1) is 0 Å². The molecule has 148 valence electrons. The number of carbonyl (C=O) groups excluding carboxylic acids is 3. The van der Waals surface area contributed by atoms with E-state index in [9.17, 15) is 24.5 Å². The summed E-state index contributed by atoms with van der Waals surface area (Å²) in [4.78, 5) is 48.0. The van der Waals surface area contributed by atoms with Gasteiger partial charge in [-0.05, 0) is 41.6 Å². The van der Waals surface area contributed by atoms with Crippen LogP contribution in [0, 0.1) is 10.1 Å². The van der Waals surface area contributed by atoms with Crippen LogP contribution in [0.4, 0.5) is 16.2 Å². The van der Waals surface area contributed by atoms with Crippen LogP contribution in [0.25, 0.3) is 6.08 Å². The number of carbonyl (C=O) groups is 3. The van der Waals surface area contributed by atoms with Gasteiger partial charge >= 0.3 is 0 Å². The van der Waals surface area contributed by atoms with Gasteiger partial charge in [0, 0.05) is 35.8 Å². The van der Waals surface area contributed by atoms with E-state index in [-0.39, 0.29) is 23.6 Å². The maximum Gasteiger partial charge on any atom is 0.293 e. The number of imide groups is 1. The van der Waals surface area contributed by atoms with Crippen molar-refractivity contribution in [2.24, 2.45) is 0 Å². The van der Waals surface area contributed by atoms with Gasteiger partial charge in [-0.1, -0.05) is 29.8 Å². The second kappa shape index (κ2) is 8.89. The van der Waals surface area contributed by atoms with Gasteiger partial charge in [0.25, 0.3) is 16.8 Å². The van der Waals surface area contributed by atoms with Gasteiger partial charge in [0.15, 0.2) is 0 Å². The third kappa shape index (κ3) is 5.01. The maximum atomic E-state index is 12.5. The van der Waals surface area contributed by atoms with Gasteiger partial charge < -0.3 is 5.32 Å². The molecular weight excluding hydrogens is 418 g/mol. The molecule has 1 aliphatic heterocycles. The van der Waals surface area contributed by atoms with E-state index in [0.717, 1.165) is 16.7 Å². The second-order valence-corrected chi connectivity index (χ2v) is 7.36. The number of hydrogen-bond acceptors (Lipinski definition) is 6. The molecule has 2 aromatic carbocycles. The van der Waals surface area contributed by atoms with E-state index in [4.69, 9.17) is 11.6 Å². The molecule has 1 fully saturated rings. The molecule has 1 heterocycles. The van der Waals surface area contributed by atoms with Gasteiger partial charge in [-0.2, -0.15) is 0 Å². The minimum atomic E-state index is -0.540. The number of nitro groups is 1. The number of hydrogen-bond donors (Lipinski definition) is 1. The Morgan fingerprint density at radius 1 is 1.17 bits per heavy atom. The van der Waals surface area contributed by atoms with Gasteiger partial charge in [-0.25, -0.2) is 0 Å². The maximum absolute atomic E-state index is 12.5. The van der Waals surface area contributed by atoms with E-state index in [1.165, 1.54) is 24.3 Å². The lowest BCUT2D eigenvalue weighted by molar-refractivity contribution is -0.384. The second-order valence-electron chi connectivity index (χ2n) is 5.96. The SMILES string of the molecule is O=C(CCN1C(=O)S/C(=C\c2ccccc2Cl)C1=O)Nc1ccc([N+](=O)[O-])cc1. The van der Waals surface area contributed by atoms with Crippen LogP contribution in [-0.2, 0) is 9.59 Å². The molecule has 0 bridgehead atoms. The zero-order valence-electron chi connectivity index (χ0n) is 14.8. The molecule has 3 amide bonds. The first-order chi connectivity index (χ1) is 13.8. The third-order valence-corrected chi connectivity index (χ3v) is 5.24. The first-order valence-electron chi connectivity index (χ1n) is 8.39. The summed E-state index contributed by atoms with van der Waals surface area (Å²) < 4.78 is 0. The van der Waals surface area contributed by atoms with Gasteiger partial charge in [0.05, 0.1) is 9.83 Å². The molecule has 29 heavy (non-hydrogen) atoms. The van der Waals surface area contributed by atoms with Crippen LogP contribution in [0.2, 0.25) is 5.02 Å². The summed E-state index contributed by atoms with van der Waals surface area (Å²) in [6.45, 7) is -0.0800. The van der Waals surface area contributed by atoms with E-state index in [2.05, 4.69) is 5.32 Å². The van der Waals surface area contributed by atoms with E-state index < -0.39 is 22.0 Å². The molecule has 0 saturated carbocycles. The highest BCUT2D eigenvalue weighted by molar-refractivity contribution is 8.18. The van der Waals surface area contributed by atoms with Crippen molar-refractivity contribution in [3.05, 3.63) is 74.1 Å². The van der Waals surface area contributed by atoms with Crippen LogP contribution in [0.15, 0.2) is 53.4 Å². The minimum Gasteiger partial charge on any atom is -0.326 e. The lowest BCUT2D eigenvalue weighted by Crippen LogP contribution is -2.31. The Hall–Kier alpha value is -3.17. The topological polar surface area (TPSA) is 110 Å². The lowest BCUT2D eigenvalue weighted by atomic mass is 10.2. The highest BCUT2D eigenvalue weighted by atomic mass is 35.5. The van der Waals surface area contributed by atoms with Crippen molar-refractivity contribution in [1.82, 2.24) is 4.90 Å². The molecular formula is C19H14ClN3O5S. The zero-order chi connectivity index (χ0) is 21.0. The van der Waals surface area contributed by atoms with E-state index in [1.807, 2.05) is 0 Å². The Bertz CT molecular complexity index is 1020. The number of nitro benzene ring substituents is 1. The molecule has 0 atom stereocenters. The number of rotatable bonds is 6. The summed E-state index contributed by atoms with van der Waals surface area (Å²) in [6, 6.07) is 12.3. The minimum absolute atomic E-state index is 0.0800. The summed E-state index contributed by atoms with van der Waals surface area (Å²) >= 11 is 6.87. The summed E-state index contributed by atoms with van der Waals surface area (Å²) in [5.74, 6) is -0.906. The van der Waals surface area contributed by atoms with Crippen molar-refractivity contribution in [2.75, 3.05) is 11.9 Å². The van der Waals surface area contributed by atoms with Crippen LogP contribution in [-0.4, -0.2) is 33.4 Å². The van der Waals surface area contributed by atoms with Crippen molar-refractivity contribution in [1.29, 1.82) is 0 Å². The van der Waals surface area contributed by atoms with Crippen molar-refractivity contribution < 1.29 is 19.3 Å². The van der Waals surface area contributed by atoms with Crippen molar-refractivity contribution in [2.45, 2.75) is 6.42 Å². The first kappa shape index (κ1) is 20.6. The average Bonchev–Trinajstić information content (AvgIpc) is 2.95. The smallest absolute Gasteiger partial charge is 0.293 e. The first-order valence-corrected chi connectivity index (χ1v) is 9.59. The van der Waals surface area contributed by atoms with Crippen LogP contribution >= 0.6 is 23.4 Å². The fourth-order valence-electron chi connectivity index (χ4n) is 2.53. The normalized spacial score (nSPS) is 15.1. The summed E-state index contributed by atoms with van der Waals surface area (Å²) in [7, 11) is 0. The summed E-state index contributed by atoms with van der Waals surface area (Å²) in [5.41, 5.74) is 0.912. The predicted molar refractivity (Wildman–Crippen MR) is 110 cm³/mol. The molecule has 10 heteroatoms. The van der Waals surface area contributed by atoms with E-state index in [1.54, 1.807) is 30.3 Å². The lowest BCUT2D eigenvalue weighted by Gasteiger charge is -2.12. The van der Waals surface area contributed by atoms with Crippen molar-refractivity contribution >= 4 is 57.9 Å². The molecule has 0 aliphatic carbocycles.